The number of ether oxygens (including phenoxy) is 1. The number of likely N-dealkylation sites (N-methyl/N-ethyl adjacent to an activating group) is 1. The van der Waals surface area contributed by atoms with Gasteiger partial charge in [-0.2, -0.15) is 9.57 Å². The molecule has 19 heavy (non-hydrogen) atoms. The molecule has 0 aromatic heterocycles. The van der Waals surface area contributed by atoms with Gasteiger partial charge in [-0.3, -0.25) is 0 Å². The van der Waals surface area contributed by atoms with E-state index in [0.29, 0.717) is 30.8 Å². The number of sulfonamides is 1. The van der Waals surface area contributed by atoms with Crippen LogP contribution in [0.3, 0.4) is 0 Å². The van der Waals surface area contributed by atoms with Crippen LogP contribution in [0.15, 0.2) is 23.1 Å². The molecular weight excluding hydrogens is 264 g/mol. The Balaban J connectivity index is 2.41. The molecular formula is C13H16N2O3S. The van der Waals surface area contributed by atoms with E-state index in [-0.39, 0.29) is 10.9 Å². The van der Waals surface area contributed by atoms with Crippen LogP contribution < -0.4 is 0 Å². The average Bonchev–Trinajstić information content (AvgIpc) is 2.92. The fourth-order valence-corrected chi connectivity index (χ4v) is 3.73. The van der Waals surface area contributed by atoms with E-state index in [4.69, 9.17) is 10.00 Å². The monoisotopic (exact) mass is 280 g/mol. The predicted octanol–water partition coefficient (Wildman–Crippen LogP) is 1.28. The van der Waals surface area contributed by atoms with E-state index in [1.807, 2.05) is 6.07 Å². The van der Waals surface area contributed by atoms with E-state index in [2.05, 4.69) is 0 Å². The first-order chi connectivity index (χ1) is 8.96. The molecule has 0 amide bonds. The zero-order valence-corrected chi connectivity index (χ0v) is 11.8. The Morgan fingerprint density at radius 1 is 1.47 bits per heavy atom. The fourth-order valence-electron chi connectivity index (χ4n) is 2.11. The van der Waals surface area contributed by atoms with Crippen LogP contribution >= 0.6 is 0 Å². The largest absolute Gasteiger partial charge is 0.380 e. The molecule has 102 valence electrons. The Kier molecular flexibility index (Phi) is 3.90. The molecule has 0 radical (unpaired) electrons. The van der Waals surface area contributed by atoms with Crippen LogP contribution in [0.5, 0.6) is 0 Å². The molecule has 2 rings (SSSR count). The van der Waals surface area contributed by atoms with Crippen LogP contribution in [0.4, 0.5) is 0 Å². The highest BCUT2D eigenvalue weighted by Gasteiger charge is 2.31. The lowest BCUT2D eigenvalue weighted by Crippen LogP contribution is -2.37. The summed E-state index contributed by atoms with van der Waals surface area (Å²) in [6.07, 6.45) is 0.701. The van der Waals surface area contributed by atoms with Gasteiger partial charge in [0.05, 0.1) is 29.2 Å². The molecule has 1 aliphatic rings. The van der Waals surface area contributed by atoms with E-state index in [1.54, 1.807) is 26.1 Å². The second-order valence-corrected chi connectivity index (χ2v) is 6.60. The lowest BCUT2D eigenvalue weighted by molar-refractivity contribution is 0.181. The van der Waals surface area contributed by atoms with Crippen molar-refractivity contribution in [1.29, 1.82) is 5.26 Å². The van der Waals surface area contributed by atoms with Gasteiger partial charge in [0.25, 0.3) is 0 Å². The molecule has 0 saturated carbocycles. The van der Waals surface area contributed by atoms with Gasteiger partial charge in [0.2, 0.25) is 10.0 Å². The predicted molar refractivity (Wildman–Crippen MR) is 70.1 cm³/mol. The van der Waals surface area contributed by atoms with E-state index in [1.165, 1.54) is 10.4 Å². The molecule has 5 nitrogen and oxygen atoms in total. The van der Waals surface area contributed by atoms with Crippen molar-refractivity contribution in [2.45, 2.75) is 24.3 Å². The van der Waals surface area contributed by atoms with Crippen LogP contribution in [0.25, 0.3) is 0 Å². The smallest absolute Gasteiger partial charge is 0.243 e. The summed E-state index contributed by atoms with van der Waals surface area (Å²) in [4.78, 5) is 0.195. The molecule has 1 unspecified atom stereocenters. The van der Waals surface area contributed by atoms with Crippen molar-refractivity contribution in [3.63, 3.8) is 0 Å². The van der Waals surface area contributed by atoms with E-state index in [9.17, 15) is 8.42 Å². The number of hydrogen-bond acceptors (Lipinski definition) is 4. The van der Waals surface area contributed by atoms with Gasteiger partial charge in [-0.15, -0.1) is 0 Å². The number of nitriles is 1. The van der Waals surface area contributed by atoms with Crippen molar-refractivity contribution in [3.8, 4) is 6.07 Å². The van der Waals surface area contributed by atoms with Crippen molar-refractivity contribution in [3.05, 3.63) is 29.3 Å². The summed E-state index contributed by atoms with van der Waals surface area (Å²) in [5, 5.41) is 8.89. The van der Waals surface area contributed by atoms with Gasteiger partial charge in [0.1, 0.15) is 0 Å². The Morgan fingerprint density at radius 2 is 2.21 bits per heavy atom. The summed E-state index contributed by atoms with van der Waals surface area (Å²) in [5.41, 5.74) is 0.991. The summed E-state index contributed by atoms with van der Waals surface area (Å²) in [6, 6.07) is 6.54. The number of rotatable bonds is 3. The minimum absolute atomic E-state index is 0.129. The first-order valence-corrected chi connectivity index (χ1v) is 7.47. The quantitative estimate of drug-likeness (QED) is 0.836. The first-order valence-electron chi connectivity index (χ1n) is 6.03. The van der Waals surface area contributed by atoms with E-state index < -0.39 is 10.0 Å². The molecule has 1 heterocycles. The summed E-state index contributed by atoms with van der Waals surface area (Å²) < 4.78 is 31.7. The molecule has 1 aromatic carbocycles. The molecule has 0 N–H and O–H groups in total. The van der Waals surface area contributed by atoms with Crippen molar-refractivity contribution in [1.82, 2.24) is 4.31 Å². The highest BCUT2D eigenvalue weighted by atomic mass is 32.2. The van der Waals surface area contributed by atoms with Gasteiger partial charge in [0.15, 0.2) is 0 Å². The first kappa shape index (κ1) is 14.0. The lowest BCUT2D eigenvalue weighted by Gasteiger charge is -2.23. The zero-order valence-electron chi connectivity index (χ0n) is 11.0. The SMILES string of the molecule is Cc1ccc(C#N)cc1S(=O)(=O)N(C)C1CCOC1. The van der Waals surface area contributed by atoms with Gasteiger partial charge < -0.3 is 4.74 Å². The summed E-state index contributed by atoms with van der Waals surface area (Å²) in [5.74, 6) is 0. The Hall–Kier alpha value is -1.42. The molecule has 0 aliphatic carbocycles. The van der Waals surface area contributed by atoms with Gasteiger partial charge in [-0.1, -0.05) is 6.07 Å². The van der Waals surface area contributed by atoms with Crippen molar-refractivity contribution in [2.24, 2.45) is 0 Å². The maximum atomic E-state index is 12.6. The average molecular weight is 280 g/mol. The van der Waals surface area contributed by atoms with Gasteiger partial charge in [0, 0.05) is 13.7 Å². The Bertz CT molecular complexity index is 613. The van der Waals surface area contributed by atoms with Crippen molar-refractivity contribution >= 4 is 10.0 Å². The third-order valence-corrected chi connectivity index (χ3v) is 5.45. The van der Waals surface area contributed by atoms with Gasteiger partial charge >= 0.3 is 0 Å². The van der Waals surface area contributed by atoms with E-state index >= 15 is 0 Å². The summed E-state index contributed by atoms with van der Waals surface area (Å²) in [7, 11) is -2.02. The minimum Gasteiger partial charge on any atom is -0.380 e. The van der Waals surface area contributed by atoms with Gasteiger partial charge in [-0.05, 0) is 31.0 Å². The van der Waals surface area contributed by atoms with Crippen molar-refractivity contribution < 1.29 is 13.2 Å². The van der Waals surface area contributed by atoms with Crippen molar-refractivity contribution in [2.75, 3.05) is 20.3 Å². The molecule has 1 aromatic rings. The standard InChI is InChI=1S/C13H16N2O3S/c1-10-3-4-11(8-14)7-13(10)19(16,17)15(2)12-5-6-18-9-12/h3-4,7,12H,5-6,9H2,1-2H3. The minimum atomic E-state index is -3.58. The number of benzene rings is 1. The fraction of sp³-hybridized carbons (Fsp3) is 0.462. The highest BCUT2D eigenvalue weighted by molar-refractivity contribution is 7.89. The van der Waals surface area contributed by atoms with Crippen LogP contribution in [-0.2, 0) is 14.8 Å². The third-order valence-electron chi connectivity index (χ3n) is 3.39. The van der Waals surface area contributed by atoms with Crippen LogP contribution in [0.2, 0.25) is 0 Å². The number of aryl methyl sites for hydroxylation is 1. The zero-order chi connectivity index (χ0) is 14.0. The molecule has 6 heteroatoms. The van der Waals surface area contributed by atoms with Crippen LogP contribution in [0.1, 0.15) is 17.5 Å². The second kappa shape index (κ2) is 5.29. The molecule has 1 aliphatic heterocycles. The Labute approximate surface area is 113 Å². The molecule has 1 fully saturated rings. The number of hydrogen-bond donors (Lipinski definition) is 0. The molecule has 0 bridgehead atoms. The van der Waals surface area contributed by atoms with Gasteiger partial charge in [-0.25, -0.2) is 8.42 Å². The summed E-state index contributed by atoms with van der Waals surface area (Å²) >= 11 is 0. The topological polar surface area (TPSA) is 70.4 Å². The lowest BCUT2D eigenvalue weighted by atomic mass is 10.2. The summed E-state index contributed by atoms with van der Waals surface area (Å²) in [6.45, 7) is 2.74. The Morgan fingerprint density at radius 3 is 2.79 bits per heavy atom. The second-order valence-electron chi connectivity index (χ2n) is 4.63. The highest BCUT2D eigenvalue weighted by Crippen LogP contribution is 2.24. The normalized spacial score (nSPS) is 19.6. The van der Waals surface area contributed by atoms with E-state index in [0.717, 1.165) is 0 Å². The third kappa shape index (κ3) is 2.63. The molecule has 0 spiro atoms. The molecule has 1 saturated heterocycles. The molecule has 1 atom stereocenters. The van der Waals surface area contributed by atoms with Crippen LogP contribution in [0, 0.1) is 18.3 Å². The number of nitrogens with zero attached hydrogens (tertiary/aromatic N) is 2. The maximum Gasteiger partial charge on any atom is 0.243 e. The maximum absolute atomic E-state index is 12.6. The van der Waals surface area contributed by atoms with Crippen LogP contribution in [-0.4, -0.2) is 39.0 Å².